The number of methoxy groups -OCH3 is 1. The number of azo groups is 1. The number of benzene rings is 1. The molecule has 0 amide bonds. The van der Waals surface area contributed by atoms with Gasteiger partial charge in [0.1, 0.15) is 0 Å². The summed E-state index contributed by atoms with van der Waals surface area (Å²) in [5.41, 5.74) is 1.23. The van der Waals surface area contributed by atoms with E-state index in [9.17, 15) is 9.90 Å². The molecular weight excluding hydrogens is 316 g/mol. The third-order valence-electron chi connectivity index (χ3n) is 3.35. The summed E-state index contributed by atoms with van der Waals surface area (Å²) in [6.45, 7) is 0.495. The first-order valence-corrected chi connectivity index (χ1v) is 7.48. The number of aromatic nitrogens is 1. The van der Waals surface area contributed by atoms with Crippen LogP contribution in [0, 0.1) is 0 Å². The molecule has 0 unspecified atom stereocenters. The SMILES string of the molecule is COC(=O)CCCNC(=S)N=Nc1c(O)n(C)c2ccccc12. The lowest BCUT2D eigenvalue weighted by atomic mass is 10.2. The zero-order chi connectivity index (χ0) is 16.8. The molecule has 122 valence electrons. The van der Waals surface area contributed by atoms with E-state index < -0.39 is 0 Å². The van der Waals surface area contributed by atoms with Crippen molar-refractivity contribution in [3.63, 3.8) is 0 Å². The molecule has 0 fully saturated rings. The van der Waals surface area contributed by atoms with Gasteiger partial charge in [-0.15, -0.1) is 10.2 Å². The minimum atomic E-state index is -0.264. The van der Waals surface area contributed by atoms with E-state index in [1.54, 1.807) is 11.6 Å². The number of ether oxygens (including phenoxy) is 1. The second kappa shape index (κ2) is 7.68. The second-order valence-electron chi connectivity index (χ2n) is 4.86. The van der Waals surface area contributed by atoms with Crippen molar-refractivity contribution in [1.29, 1.82) is 0 Å². The molecule has 0 aliphatic heterocycles. The van der Waals surface area contributed by atoms with Gasteiger partial charge in [0.15, 0.2) is 5.69 Å². The van der Waals surface area contributed by atoms with Crippen LogP contribution in [0.5, 0.6) is 5.88 Å². The van der Waals surface area contributed by atoms with Crippen LogP contribution in [0.15, 0.2) is 34.5 Å². The van der Waals surface area contributed by atoms with Crippen molar-refractivity contribution in [1.82, 2.24) is 9.88 Å². The highest BCUT2D eigenvalue weighted by molar-refractivity contribution is 7.80. The Bertz CT molecular complexity index is 755. The van der Waals surface area contributed by atoms with Crippen molar-refractivity contribution < 1.29 is 14.6 Å². The van der Waals surface area contributed by atoms with Crippen LogP contribution in [0.25, 0.3) is 10.9 Å². The van der Waals surface area contributed by atoms with Gasteiger partial charge >= 0.3 is 5.97 Å². The van der Waals surface area contributed by atoms with Crippen LogP contribution in [0.1, 0.15) is 12.8 Å². The number of nitrogens with zero attached hydrogens (tertiary/aromatic N) is 3. The van der Waals surface area contributed by atoms with Crippen LogP contribution in [-0.4, -0.2) is 34.4 Å². The van der Waals surface area contributed by atoms with Crippen molar-refractivity contribution in [2.24, 2.45) is 17.3 Å². The third kappa shape index (κ3) is 4.04. The number of aromatic hydroxyl groups is 1. The Hall–Kier alpha value is -2.48. The van der Waals surface area contributed by atoms with E-state index >= 15 is 0 Å². The zero-order valence-corrected chi connectivity index (χ0v) is 13.8. The number of carbonyl (C=O) groups excluding carboxylic acids is 1. The minimum absolute atomic E-state index is 0.0310. The summed E-state index contributed by atoms with van der Waals surface area (Å²) in [4.78, 5) is 11.0. The van der Waals surface area contributed by atoms with Crippen LogP contribution in [0.3, 0.4) is 0 Å². The molecule has 0 saturated heterocycles. The molecule has 1 aromatic carbocycles. The average Bonchev–Trinajstić information content (AvgIpc) is 2.81. The van der Waals surface area contributed by atoms with Crippen molar-refractivity contribution in [3.05, 3.63) is 24.3 Å². The number of rotatable bonds is 5. The Morgan fingerprint density at radius 3 is 2.91 bits per heavy atom. The van der Waals surface area contributed by atoms with E-state index in [4.69, 9.17) is 12.2 Å². The smallest absolute Gasteiger partial charge is 0.305 e. The number of nitrogens with one attached hydrogen (secondary N) is 1. The Labute approximate surface area is 139 Å². The molecule has 2 rings (SSSR count). The van der Waals surface area contributed by atoms with Crippen LogP contribution in [0.4, 0.5) is 5.69 Å². The van der Waals surface area contributed by atoms with Crippen LogP contribution in [-0.2, 0) is 16.6 Å². The highest BCUT2D eigenvalue weighted by Crippen LogP contribution is 2.37. The molecular formula is C15H18N4O3S. The standard InChI is InChI=1S/C15H18N4O3S/c1-19-11-7-4-3-6-10(11)13(14(19)21)17-18-15(23)16-9-5-8-12(20)22-2/h3-4,6-7,21H,5,8-9H2,1-2H3,(H,16,23). The molecule has 8 heteroatoms. The fraction of sp³-hybridized carbons (Fsp3) is 0.333. The van der Waals surface area contributed by atoms with Gasteiger partial charge in [0.25, 0.3) is 0 Å². The molecule has 7 nitrogen and oxygen atoms in total. The topological polar surface area (TPSA) is 88.2 Å². The van der Waals surface area contributed by atoms with Gasteiger partial charge in [0, 0.05) is 25.4 Å². The predicted octanol–water partition coefficient (Wildman–Crippen LogP) is 2.80. The van der Waals surface area contributed by atoms with Gasteiger partial charge in [-0.3, -0.25) is 4.79 Å². The van der Waals surface area contributed by atoms with E-state index in [1.165, 1.54) is 7.11 Å². The van der Waals surface area contributed by atoms with Crippen LogP contribution >= 0.6 is 12.2 Å². The Balaban J connectivity index is 1.99. The first-order chi connectivity index (χ1) is 11.0. The average molecular weight is 334 g/mol. The maximum Gasteiger partial charge on any atom is 0.305 e. The lowest BCUT2D eigenvalue weighted by molar-refractivity contribution is -0.140. The molecule has 2 aromatic rings. The summed E-state index contributed by atoms with van der Waals surface area (Å²) in [6, 6.07) is 7.49. The largest absolute Gasteiger partial charge is 0.493 e. The van der Waals surface area contributed by atoms with Crippen molar-refractivity contribution in [2.75, 3.05) is 13.7 Å². The van der Waals surface area contributed by atoms with E-state index in [2.05, 4.69) is 20.3 Å². The summed E-state index contributed by atoms with van der Waals surface area (Å²) in [5.74, 6) is -0.233. The molecule has 0 atom stereocenters. The number of aryl methyl sites for hydroxylation is 1. The summed E-state index contributed by atoms with van der Waals surface area (Å²) < 4.78 is 6.18. The van der Waals surface area contributed by atoms with Crippen molar-refractivity contribution in [2.45, 2.75) is 12.8 Å². The van der Waals surface area contributed by atoms with E-state index in [0.29, 0.717) is 25.1 Å². The monoisotopic (exact) mass is 334 g/mol. The van der Waals surface area contributed by atoms with E-state index in [1.807, 2.05) is 24.3 Å². The maximum absolute atomic E-state index is 11.0. The van der Waals surface area contributed by atoms with Gasteiger partial charge in [-0.2, -0.15) is 0 Å². The fourth-order valence-electron chi connectivity index (χ4n) is 2.12. The molecule has 1 aromatic heterocycles. The molecule has 23 heavy (non-hydrogen) atoms. The van der Waals surface area contributed by atoms with Crippen molar-refractivity contribution in [3.8, 4) is 5.88 Å². The summed E-state index contributed by atoms with van der Waals surface area (Å²) in [7, 11) is 3.10. The van der Waals surface area contributed by atoms with Crippen LogP contribution in [0.2, 0.25) is 0 Å². The van der Waals surface area contributed by atoms with Gasteiger partial charge in [-0.25, -0.2) is 0 Å². The molecule has 0 spiro atoms. The normalized spacial score (nSPS) is 11.0. The number of hydrogen-bond acceptors (Lipinski definition) is 5. The molecule has 1 heterocycles. The van der Waals surface area contributed by atoms with Crippen LogP contribution < -0.4 is 5.32 Å². The predicted molar refractivity (Wildman–Crippen MR) is 91.0 cm³/mol. The molecule has 2 N–H and O–H groups in total. The van der Waals surface area contributed by atoms with Gasteiger partial charge in [-0.05, 0) is 24.7 Å². The number of fused-ring (bicyclic) bond motifs is 1. The summed E-state index contributed by atoms with van der Waals surface area (Å²) in [5, 5.41) is 22.0. The molecule has 0 aliphatic rings. The molecule has 0 aliphatic carbocycles. The number of carbonyl (C=O) groups is 1. The molecule has 0 bridgehead atoms. The fourth-order valence-corrected chi connectivity index (χ4v) is 2.26. The quantitative estimate of drug-likeness (QED) is 0.380. The minimum Gasteiger partial charge on any atom is -0.493 e. The highest BCUT2D eigenvalue weighted by atomic mass is 32.1. The number of hydrogen-bond donors (Lipinski definition) is 2. The second-order valence-corrected chi connectivity index (χ2v) is 5.25. The third-order valence-corrected chi connectivity index (χ3v) is 3.58. The number of esters is 1. The van der Waals surface area contributed by atoms with Gasteiger partial charge in [0.05, 0.1) is 12.6 Å². The maximum atomic E-state index is 11.0. The first-order valence-electron chi connectivity index (χ1n) is 7.07. The lowest BCUT2D eigenvalue weighted by Crippen LogP contribution is -2.21. The van der Waals surface area contributed by atoms with E-state index in [0.717, 1.165) is 10.9 Å². The van der Waals surface area contributed by atoms with Gasteiger partial charge < -0.3 is 19.7 Å². The van der Waals surface area contributed by atoms with Gasteiger partial charge in [0.2, 0.25) is 11.0 Å². The van der Waals surface area contributed by atoms with Crippen molar-refractivity contribution >= 4 is 39.9 Å². The lowest BCUT2D eigenvalue weighted by Gasteiger charge is -2.02. The van der Waals surface area contributed by atoms with E-state index in [-0.39, 0.29) is 17.0 Å². The first kappa shape index (κ1) is 16.9. The number of thiocarbonyl (C=S) groups is 1. The van der Waals surface area contributed by atoms with Gasteiger partial charge in [-0.1, -0.05) is 18.2 Å². The molecule has 0 saturated carbocycles. The molecule has 0 radical (unpaired) electrons. The summed E-state index contributed by atoms with van der Waals surface area (Å²) >= 11 is 5.06. The Morgan fingerprint density at radius 1 is 1.43 bits per heavy atom. The number of para-hydroxylation sites is 1. The Morgan fingerprint density at radius 2 is 2.17 bits per heavy atom. The summed E-state index contributed by atoms with van der Waals surface area (Å²) in [6.07, 6.45) is 0.898. The zero-order valence-electron chi connectivity index (χ0n) is 12.9. The highest BCUT2D eigenvalue weighted by Gasteiger charge is 2.13. The Kier molecular flexibility index (Phi) is 5.64.